The maximum atomic E-state index is 12.4. The lowest BCUT2D eigenvalue weighted by Gasteiger charge is -2.11. The van der Waals surface area contributed by atoms with Gasteiger partial charge in [0.25, 0.3) is 0 Å². The van der Waals surface area contributed by atoms with Crippen molar-refractivity contribution in [3.05, 3.63) is 65.7 Å². The molecule has 0 aromatic heterocycles. The van der Waals surface area contributed by atoms with Crippen molar-refractivity contribution in [1.29, 1.82) is 0 Å². The van der Waals surface area contributed by atoms with Gasteiger partial charge in [-0.2, -0.15) is 0 Å². The van der Waals surface area contributed by atoms with Crippen molar-refractivity contribution in [3.8, 4) is 0 Å². The molecular formula is C15H16OS. The highest BCUT2D eigenvalue weighted by molar-refractivity contribution is 7.85. The van der Waals surface area contributed by atoms with E-state index in [4.69, 9.17) is 0 Å². The molecule has 0 saturated heterocycles. The quantitative estimate of drug-likeness (QED) is 0.801. The summed E-state index contributed by atoms with van der Waals surface area (Å²) in [5.74, 6) is 0. The first-order chi connectivity index (χ1) is 8.18. The van der Waals surface area contributed by atoms with Gasteiger partial charge in [-0.25, -0.2) is 0 Å². The first-order valence-electron chi connectivity index (χ1n) is 5.70. The summed E-state index contributed by atoms with van der Waals surface area (Å²) >= 11 is 0. The van der Waals surface area contributed by atoms with Gasteiger partial charge in [-0.1, -0.05) is 48.0 Å². The third-order valence-electron chi connectivity index (χ3n) is 2.84. The summed E-state index contributed by atoms with van der Waals surface area (Å²) in [6.45, 7) is 4.04. The molecule has 0 aliphatic carbocycles. The lowest BCUT2D eigenvalue weighted by atomic mass is 10.2. The summed E-state index contributed by atoms with van der Waals surface area (Å²) in [4.78, 5) is 0.895. The first-order valence-corrected chi connectivity index (χ1v) is 6.92. The minimum atomic E-state index is -0.987. The van der Waals surface area contributed by atoms with E-state index in [0.717, 1.165) is 10.5 Å². The van der Waals surface area contributed by atoms with Crippen LogP contribution in [0.25, 0.3) is 0 Å². The summed E-state index contributed by atoms with van der Waals surface area (Å²) in [7, 11) is -0.987. The van der Waals surface area contributed by atoms with Crippen LogP contribution < -0.4 is 0 Å². The van der Waals surface area contributed by atoms with Gasteiger partial charge in [-0.3, -0.25) is 4.21 Å². The van der Waals surface area contributed by atoms with E-state index in [1.165, 1.54) is 5.56 Å². The molecule has 2 aromatic rings. The third kappa shape index (κ3) is 2.83. The molecule has 0 amide bonds. The van der Waals surface area contributed by atoms with Gasteiger partial charge in [0.05, 0.1) is 16.0 Å². The van der Waals surface area contributed by atoms with E-state index in [-0.39, 0.29) is 5.25 Å². The molecule has 2 rings (SSSR count). The number of hydrogen-bond donors (Lipinski definition) is 0. The van der Waals surface area contributed by atoms with E-state index in [0.29, 0.717) is 0 Å². The lowest BCUT2D eigenvalue weighted by molar-refractivity contribution is 0.676. The van der Waals surface area contributed by atoms with Crippen LogP contribution in [0.3, 0.4) is 0 Å². The van der Waals surface area contributed by atoms with Gasteiger partial charge in [0, 0.05) is 4.90 Å². The van der Waals surface area contributed by atoms with Crippen LogP contribution in [0, 0.1) is 6.92 Å². The molecule has 0 aliphatic rings. The van der Waals surface area contributed by atoms with Crippen LogP contribution in [-0.4, -0.2) is 4.21 Å². The summed E-state index contributed by atoms with van der Waals surface area (Å²) in [6.07, 6.45) is 0. The molecule has 2 atom stereocenters. The van der Waals surface area contributed by atoms with Crippen molar-refractivity contribution in [2.45, 2.75) is 24.0 Å². The maximum absolute atomic E-state index is 12.4. The van der Waals surface area contributed by atoms with Crippen molar-refractivity contribution >= 4 is 10.8 Å². The van der Waals surface area contributed by atoms with E-state index in [1.807, 2.05) is 68.4 Å². The lowest BCUT2D eigenvalue weighted by Crippen LogP contribution is -2.02. The minimum Gasteiger partial charge on any atom is -0.254 e. The molecular weight excluding hydrogens is 228 g/mol. The number of aryl methyl sites for hydroxylation is 1. The zero-order chi connectivity index (χ0) is 12.3. The Hall–Kier alpha value is -1.41. The average molecular weight is 244 g/mol. The van der Waals surface area contributed by atoms with Crippen molar-refractivity contribution in [3.63, 3.8) is 0 Å². The molecule has 2 aromatic carbocycles. The minimum absolute atomic E-state index is 0.0268. The van der Waals surface area contributed by atoms with Gasteiger partial charge in [-0.15, -0.1) is 0 Å². The van der Waals surface area contributed by atoms with Crippen LogP contribution in [0.2, 0.25) is 0 Å². The molecule has 1 nitrogen and oxygen atoms in total. The smallest absolute Gasteiger partial charge is 0.0615 e. The Labute approximate surface area is 105 Å². The Morgan fingerprint density at radius 2 is 1.53 bits per heavy atom. The van der Waals surface area contributed by atoms with Crippen molar-refractivity contribution in [2.75, 3.05) is 0 Å². The Kier molecular flexibility index (Phi) is 3.75. The number of rotatable bonds is 3. The molecule has 0 radical (unpaired) electrons. The fourth-order valence-electron chi connectivity index (χ4n) is 1.72. The van der Waals surface area contributed by atoms with Crippen LogP contribution in [-0.2, 0) is 10.8 Å². The van der Waals surface area contributed by atoms with E-state index in [9.17, 15) is 4.21 Å². The normalized spacial score (nSPS) is 14.2. The summed E-state index contributed by atoms with van der Waals surface area (Å²) in [5, 5.41) is 0.0268. The first kappa shape index (κ1) is 12.1. The third-order valence-corrected chi connectivity index (χ3v) is 4.49. The Morgan fingerprint density at radius 1 is 0.941 bits per heavy atom. The summed E-state index contributed by atoms with van der Waals surface area (Å²) in [6, 6.07) is 17.9. The van der Waals surface area contributed by atoms with Gasteiger partial charge >= 0.3 is 0 Å². The Morgan fingerprint density at radius 3 is 2.12 bits per heavy atom. The standard InChI is InChI=1S/C15H16OS/c1-12-8-10-15(11-9-12)17(16)13(2)14-6-4-3-5-7-14/h3-11,13H,1-2H3/t13-,17+/m1/s1. The summed E-state index contributed by atoms with van der Waals surface area (Å²) < 4.78 is 12.4. The molecule has 0 spiro atoms. The van der Waals surface area contributed by atoms with Crippen molar-refractivity contribution < 1.29 is 4.21 Å². The maximum Gasteiger partial charge on any atom is 0.0615 e. The van der Waals surface area contributed by atoms with Crippen LogP contribution in [0.1, 0.15) is 23.3 Å². The molecule has 88 valence electrons. The fraction of sp³-hybridized carbons (Fsp3) is 0.200. The molecule has 0 saturated carbocycles. The predicted molar refractivity (Wildman–Crippen MR) is 72.4 cm³/mol. The Balaban J connectivity index is 2.23. The molecule has 0 N–H and O–H groups in total. The largest absolute Gasteiger partial charge is 0.254 e. The van der Waals surface area contributed by atoms with Gasteiger partial charge in [0.1, 0.15) is 0 Å². The molecule has 0 fully saturated rings. The second kappa shape index (κ2) is 5.28. The monoisotopic (exact) mass is 244 g/mol. The van der Waals surface area contributed by atoms with Gasteiger partial charge in [0.15, 0.2) is 0 Å². The Bertz CT molecular complexity index is 502. The van der Waals surface area contributed by atoms with Crippen LogP contribution >= 0.6 is 0 Å². The van der Waals surface area contributed by atoms with E-state index < -0.39 is 10.8 Å². The van der Waals surface area contributed by atoms with Crippen LogP contribution in [0.4, 0.5) is 0 Å². The van der Waals surface area contributed by atoms with Crippen LogP contribution in [0.15, 0.2) is 59.5 Å². The van der Waals surface area contributed by atoms with Crippen molar-refractivity contribution in [1.82, 2.24) is 0 Å². The highest BCUT2D eigenvalue weighted by atomic mass is 32.2. The predicted octanol–water partition coefficient (Wildman–Crippen LogP) is 3.86. The fourth-order valence-corrected chi connectivity index (χ4v) is 2.94. The topological polar surface area (TPSA) is 17.1 Å². The summed E-state index contributed by atoms with van der Waals surface area (Å²) in [5.41, 5.74) is 2.31. The van der Waals surface area contributed by atoms with Gasteiger partial charge in [-0.05, 0) is 31.5 Å². The van der Waals surface area contributed by atoms with E-state index >= 15 is 0 Å². The number of hydrogen-bond acceptors (Lipinski definition) is 1. The molecule has 0 unspecified atom stereocenters. The second-order valence-corrected chi connectivity index (χ2v) is 5.94. The van der Waals surface area contributed by atoms with E-state index in [1.54, 1.807) is 0 Å². The number of benzene rings is 2. The zero-order valence-corrected chi connectivity index (χ0v) is 10.9. The average Bonchev–Trinajstić information content (AvgIpc) is 2.39. The molecule has 0 bridgehead atoms. The molecule has 2 heteroatoms. The zero-order valence-electron chi connectivity index (χ0n) is 10.1. The highest BCUT2D eigenvalue weighted by Crippen LogP contribution is 2.24. The van der Waals surface area contributed by atoms with Crippen molar-refractivity contribution in [2.24, 2.45) is 0 Å². The highest BCUT2D eigenvalue weighted by Gasteiger charge is 2.14. The van der Waals surface area contributed by atoms with Gasteiger partial charge < -0.3 is 0 Å². The second-order valence-electron chi connectivity index (χ2n) is 4.16. The molecule has 0 aliphatic heterocycles. The SMILES string of the molecule is Cc1ccc([S@@](=O)[C@H](C)c2ccccc2)cc1. The van der Waals surface area contributed by atoms with Crippen LogP contribution in [0.5, 0.6) is 0 Å². The van der Waals surface area contributed by atoms with Gasteiger partial charge in [0.2, 0.25) is 0 Å². The molecule has 17 heavy (non-hydrogen) atoms. The molecule has 0 heterocycles. The van der Waals surface area contributed by atoms with E-state index in [2.05, 4.69) is 0 Å².